The number of furan rings is 1. The Balaban J connectivity index is 1.90. The van der Waals surface area contributed by atoms with Gasteiger partial charge in [-0.15, -0.1) is 0 Å². The van der Waals surface area contributed by atoms with E-state index in [4.69, 9.17) is 4.42 Å². The summed E-state index contributed by atoms with van der Waals surface area (Å²) in [7, 11) is 1.68. The van der Waals surface area contributed by atoms with Crippen LogP contribution in [0.2, 0.25) is 0 Å². The van der Waals surface area contributed by atoms with Gasteiger partial charge in [-0.1, -0.05) is 13.0 Å². The molecule has 0 aliphatic carbocycles. The van der Waals surface area contributed by atoms with Gasteiger partial charge in [-0.3, -0.25) is 9.59 Å². The van der Waals surface area contributed by atoms with Crippen molar-refractivity contribution in [2.75, 3.05) is 24.7 Å². The molecule has 0 fully saturated rings. The highest BCUT2D eigenvalue weighted by molar-refractivity contribution is 7.82. The average Bonchev–Trinajstić information content (AvgIpc) is 3.13. The maximum atomic E-state index is 12.3. The summed E-state index contributed by atoms with van der Waals surface area (Å²) in [5.74, 6) is 0.419. The Hall–Kier alpha value is -2.91. The van der Waals surface area contributed by atoms with E-state index in [1.165, 1.54) is 10.4 Å². The van der Waals surface area contributed by atoms with E-state index in [1.807, 2.05) is 19.9 Å². The van der Waals surface area contributed by atoms with Crippen LogP contribution in [-0.4, -0.2) is 27.7 Å². The van der Waals surface area contributed by atoms with Crippen molar-refractivity contribution in [3.05, 3.63) is 62.3 Å². The Kier molecular flexibility index (Phi) is 5.90. The number of phenols is 1. The van der Waals surface area contributed by atoms with E-state index in [0.717, 1.165) is 5.56 Å². The smallest absolute Gasteiger partial charge is 0.253 e. The number of hydrogen-bond acceptors (Lipinski definition) is 7. The van der Waals surface area contributed by atoms with Crippen LogP contribution in [0.15, 0.2) is 49.4 Å². The maximum Gasteiger partial charge on any atom is 0.253 e. The SMILES string of the molecule is CC[C@@H](Nc1c(Nc2cccc(S(=O)N(C)C)c2O)c(=O)c1=O)c1cc(C)co1. The van der Waals surface area contributed by atoms with Crippen molar-refractivity contribution in [1.29, 1.82) is 0 Å². The monoisotopic (exact) mass is 417 g/mol. The lowest BCUT2D eigenvalue weighted by molar-refractivity contribution is 0.461. The maximum absolute atomic E-state index is 12.3. The number of nitrogens with one attached hydrogen (secondary N) is 2. The second-order valence-electron chi connectivity index (χ2n) is 6.88. The average molecular weight is 417 g/mol. The summed E-state index contributed by atoms with van der Waals surface area (Å²) in [5, 5.41) is 16.4. The van der Waals surface area contributed by atoms with Gasteiger partial charge in [-0.2, -0.15) is 0 Å². The lowest BCUT2D eigenvalue weighted by Crippen LogP contribution is -2.37. The fourth-order valence-electron chi connectivity index (χ4n) is 2.93. The van der Waals surface area contributed by atoms with E-state index in [-0.39, 0.29) is 33.7 Å². The molecule has 0 amide bonds. The number of phenolic OH excluding ortho intramolecular Hbond substituents is 1. The Morgan fingerprint density at radius 3 is 2.48 bits per heavy atom. The van der Waals surface area contributed by atoms with E-state index < -0.39 is 21.8 Å². The molecule has 2 aromatic carbocycles. The highest BCUT2D eigenvalue weighted by Crippen LogP contribution is 2.34. The van der Waals surface area contributed by atoms with Crippen LogP contribution >= 0.6 is 0 Å². The van der Waals surface area contributed by atoms with E-state index >= 15 is 0 Å². The number of anilines is 3. The van der Waals surface area contributed by atoms with Crippen LogP contribution in [0.3, 0.4) is 0 Å². The molecular weight excluding hydrogens is 394 g/mol. The first-order valence-electron chi connectivity index (χ1n) is 9.07. The molecule has 3 N–H and O–H groups in total. The number of nitrogens with zero attached hydrogens (tertiary/aromatic N) is 1. The lowest BCUT2D eigenvalue weighted by atomic mass is 10.1. The van der Waals surface area contributed by atoms with E-state index in [2.05, 4.69) is 10.6 Å². The summed E-state index contributed by atoms with van der Waals surface area (Å²) in [6, 6.07) is 6.27. The third kappa shape index (κ3) is 3.96. The minimum absolute atomic E-state index is 0.0554. The first-order chi connectivity index (χ1) is 13.7. The highest BCUT2D eigenvalue weighted by Gasteiger charge is 2.26. The molecule has 1 unspecified atom stereocenters. The number of hydrogen-bond donors (Lipinski definition) is 3. The quantitative estimate of drug-likeness (QED) is 0.382. The number of aromatic hydroxyl groups is 1. The second-order valence-corrected chi connectivity index (χ2v) is 8.55. The topological polar surface area (TPSA) is 112 Å². The fraction of sp³-hybridized carbons (Fsp3) is 0.300. The van der Waals surface area contributed by atoms with Crippen molar-refractivity contribution in [1.82, 2.24) is 4.31 Å². The molecule has 0 aliphatic heterocycles. The zero-order valence-corrected chi connectivity index (χ0v) is 17.4. The molecule has 0 saturated heterocycles. The molecule has 29 heavy (non-hydrogen) atoms. The molecule has 0 saturated carbocycles. The Bertz CT molecular complexity index is 1130. The summed E-state index contributed by atoms with van der Waals surface area (Å²) in [6.45, 7) is 3.83. The molecular formula is C20H23N3O5S. The van der Waals surface area contributed by atoms with Gasteiger partial charge in [0, 0.05) is 0 Å². The van der Waals surface area contributed by atoms with Gasteiger partial charge in [0.05, 0.1) is 22.9 Å². The standard InChI is InChI=1S/C20H23N3O5S/c1-5-12(14-9-11(2)10-28-14)21-16-17(20(26)19(16)25)22-13-7-6-8-15(18(13)24)29(27)23(3)4/h6-10,12,21-22,24H,5H2,1-4H3/t12-,29?/m1/s1. The van der Waals surface area contributed by atoms with Gasteiger partial charge in [0.15, 0.2) is 5.75 Å². The number of rotatable bonds is 8. The van der Waals surface area contributed by atoms with Crippen molar-refractivity contribution in [3.63, 3.8) is 0 Å². The predicted octanol–water partition coefficient (Wildman–Crippen LogP) is 2.78. The Morgan fingerprint density at radius 2 is 1.90 bits per heavy atom. The third-order valence-corrected chi connectivity index (χ3v) is 5.88. The van der Waals surface area contributed by atoms with E-state index in [0.29, 0.717) is 12.2 Å². The molecule has 0 bridgehead atoms. The normalized spacial score (nSPS) is 13.6. The van der Waals surface area contributed by atoms with Gasteiger partial charge in [-0.05, 0) is 51.2 Å². The first kappa shape index (κ1) is 20.8. The number of aryl methyl sites for hydroxylation is 1. The van der Waals surface area contributed by atoms with Crippen molar-refractivity contribution < 1.29 is 13.7 Å². The van der Waals surface area contributed by atoms with Crippen molar-refractivity contribution in [3.8, 4) is 5.75 Å². The predicted molar refractivity (Wildman–Crippen MR) is 113 cm³/mol. The summed E-state index contributed by atoms with van der Waals surface area (Å²) in [5.41, 5.74) is 0.0152. The second kappa shape index (κ2) is 8.22. The van der Waals surface area contributed by atoms with Gasteiger partial charge in [-0.25, -0.2) is 8.51 Å². The molecule has 0 radical (unpaired) electrons. The number of para-hydroxylation sites is 1. The largest absolute Gasteiger partial charge is 0.505 e. The molecule has 1 aromatic heterocycles. The van der Waals surface area contributed by atoms with Crippen molar-refractivity contribution in [2.24, 2.45) is 0 Å². The number of benzene rings is 1. The van der Waals surface area contributed by atoms with Crippen LogP contribution in [0.25, 0.3) is 0 Å². The molecule has 9 heteroatoms. The van der Waals surface area contributed by atoms with Gasteiger partial charge in [0.1, 0.15) is 28.1 Å². The molecule has 1 heterocycles. The van der Waals surface area contributed by atoms with Crippen LogP contribution < -0.4 is 21.5 Å². The fourth-order valence-corrected chi connectivity index (χ4v) is 3.79. The molecule has 3 aromatic rings. The van der Waals surface area contributed by atoms with Crippen LogP contribution in [0.5, 0.6) is 5.75 Å². The summed E-state index contributed by atoms with van der Waals surface area (Å²) in [4.78, 5) is 24.5. The lowest BCUT2D eigenvalue weighted by Gasteiger charge is -2.21. The van der Waals surface area contributed by atoms with Crippen LogP contribution in [0, 0.1) is 6.92 Å². The van der Waals surface area contributed by atoms with Gasteiger partial charge < -0.3 is 20.2 Å². The molecule has 154 valence electrons. The van der Waals surface area contributed by atoms with E-state index in [9.17, 15) is 18.9 Å². The summed E-state index contributed by atoms with van der Waals surface area (Å²) in [6.07, 6.45) is 2.25. The van der Waals surface area contributed by atoms with Crippen LogP contribution in [0.4, 0.5) is 17.1 Å². The zero-order valence-electron chi connectivity index (χ0n) is 16.6. The van der Waals surface area contributed by atoms with Gasteiger partial charge in [0.2, 0.25) is 0 Å². The Labute approximate surface area is 170 Å². The third-order valence-electron chi connectivity index (χ3n) is 4.51. The minimum atomic E-state index is -1.57. The van der Waals surface area contributed by atoms with Gasteiger partial charge in [0.25, 0.3) is 10.9 Å². The summed E-state index contributed by atoms with van der Waals surface area (Å²) < 4.78 is 19.3. The molecule has 3 rings (SSSR count). The van der Waals surface area contributed by atoms with Crippen LogP contribution in [0.1, 0.15) is 30.7 Å². The van der Waals surface area contributed by atoms with Gasteiger partial charge >= 0.3 is 0 Å². The molecule has 0 aliphatic rings. The molecule has 8 nitrogen and oxygen atoms in total. The minimum Gasteiger partial charge on any atom is -0.505 e. The van der Waals surface area contributed by atoms with E-state index in [1.54, 1.807) is 32.5 Å². The zero-order chi connectivity index (χ0) is 21.3. The van der Waals surface area contributed by atoms with Crippen molar-refractivity contribution in [2.45, 2.75) is 31.2 Å². The Morgan fingerprint density at radius 1 is 1.21 bits per heavy atom. The molecule has 0 spiro atoms. The highest BCUT2D eigenvalue weighted by atomic mass is 32.2. The first-order valence-corrected chi connectivity index (χ1v) is 10.2. The van der Waals surface area contributed by atoms with Crippen molar-refractivity contribution >= 4 is 28.0 Å². The summed E-state index contributed by atoms with van der Waals surface area (Å²) >= 11 is 0. The van der Waals surface area contributed by atoms with Crippen LogP contribution in [-0.2, 0) is 11.0 Å². The molecule has 2 atom stereocenters.